The third-order valence-corrected chi connectivity index (χ3v) is 5.64. The summed E-state index contributed by atoms with van der Waals surface area (Å²) in [6.45, 7) is 3.52. The van der Waals surface area contributed by atoms with Crippen LogP contribution in [-0.2, 0) is 13.1 Å². The minimum Gasteiger partial charge on any atom is -0.497 e. The lowest BCUT2D eigenvalue weighted by atomic mass is 10.2. The van der Waals surface area contributed by atoms with E-state index in [2.05, 4.69) is 48.2 Å². The van der Waals surface area contributed by atoms with Gasteiger partial charge in [0.25, 0.3) is 0 Å². The molecule has 0 unspecified atom stereocenters. The Morgan fingerprint density at radius 3 is 1.47 bits per heavy atom. The van der Waals surface area contributed by atoms with Crippen molar-refractivity contribution in [1.82, 2.24) is 19.8 Å². The lowest BCUT2D eigenvalue weighted by molar-refractivity contribution is 0.244. The van der Waals surface area contributed by atoms with E-state index in [4.69, 9.17) is 19.4 Å². The van der Waals surface area contributed by atoms with Crippen LogP contribution in [0.15, 0.2) is 60.7 Å². The van der Waals surface area contributed by atoms with E-state index in [1.54, 1.807) is 14.2 Å². The van der Waals surface area contributed by atoms with Crippen LogP contribution in [-0.4, -0.2) is 61.2 Å². The predicted octanol–water partition coefficient (Wildman–Crippen LogP) is 4.36. The first-order valence-corrected chi connectivity index (χ1v) is 10.8. The van der Waals surface area contributed by atoms with Crippen LogP contribution in [0.2, 0.25) is 0 Å². The lowest BCUT2D eigenvalue weighted by Crippen LogP contribution is -2.30. The summed E-state index contributed by atoms with van der Waals surface area (Å²) in [5, 5.41) is 2.19. The average Bonchev–Trinajstić information content (AvgIpc) is 2.82. The SMILES string of the molecule is COc1ccc2nc(CN(C)CCN(C)Cc3ccc4cc(OC)ccc4n3)ccc2c1. The van der Waals surface area contributed by atoms with E-state index in [1.165, 1.54) is 0 Å². The van der Waals surface area contributed by atoms with E-state index in [0.717, 1.165) is 70.9 Å². The fourth-order valence-electron chi connectivity index (χ4n) is 3.77. The summed E-state index contributed by atoms with van der Waals surface area (Å²) in [6, 6.07) is 20.4. The van der Waals surface area contributed by atoms with Crippen LogP contribution < -0.4 is 9.47 Å². The summed E-state index contributed by atoms with van der Waals surface area (Å²) in [4.78, 5) is 14.2. The van der Waals surface area contributed by atoms with Gasteiger partial charge in [-0.1, -0.05) is 12.1 Å². The number of methoxy groups -OCH3 is 2. The molecule has 0 spiro atoms. The second-order valence-corrected chi connectivity index (χ2v) is 8.20. The Labute approximate surface area is 189 Å². The maximum absolute atomic E-state index is 5.29. The van der Waals surface area contributed by atoms with Crippen molar-refractivity contribution in [3.05, 3.63) is 72.1 Å². The van der Waals surface area contributed by atoms with E-state index < -0.39 is 0 Å². The number of hydrogen-bond acceptors (Lipinski definition) is 6. The van der Waals surface area contributed by atoms with Gasteiger partial charge < -0.3 is 9.47 Å². The van der Waals surface area contributed by atoms with Gasteiger partial charge in [0.1, 0.15) is 11.5 Å². The smallest absolute Gasteiger partial charge is 0.119 e. The summed E-state index contributed by atoms with van der Waals surface area (Å²) >= 11 is 0. The van der Waals surface area contributed by atoms with Crippen LogP contribution in [0, 0.1) is 0 Å². The largest absolute Gasteiger partial charge is 0.497 e. The third-order valence-electron chi connectivity index (χ3n) is 5.64. The minimum atomic E-state index is 0.811. The predicted molar refractivity (Wildman–Crippen MR) is 129 cm³/mol. The molecule has 166 valence electrons. The summed E-state index contributed by atoms with van der Waals surface area (Å²) < 4.78 is 10.6. The second kappa shape index (κ2) is 9.94. The van der Waals surface area contributed by atoms with E-state index in [-0.39, 0.29) is 0 Å². The number of benzene rings is 2. The molecule has 2 aromatic heterocycles. The molecular weight excluding hydrogens is 400 g/mol. The van der Waals surface area contributed by atoms with Crippen molar-refractivity contribution in [2.45, 2.75) is 13.1 Å². The monoisotopic (exact) mass is 430 g/mol. The van der Waals surface area contributed by atoms with Gasteiger partial charge in [0, 0.05) is 37.0 Å². The lowest BCUT2D eigenvalue weighted by Gasteiger charge is -2.22. The molecule has 0 atom stereocenters. The molecule has 0 saturated carbocycles. The van der Waals surface area contributed by atoms with E-state index >= 15 is 0 Å². The quantitative estimate of drug-likeness (QED) is 0.393. The molecule has 0 saturated heterocycles. The van der Waals surface area contributed by atoms with Gasteiger partial charge in [0.2, 0.25) is 0 Å². The van der Waals surface area contributed by atoms with Gasteiger partial charge in [-0.15, -0.1) is 0 Å². The van der Waals surface area contributed by atoms with Gasteiger partial charge in [-0.25, -0.2) is 0 Å². The van der Waals surface area contributed by atoms with E-state index in [0.29, 0.717) is 0 Å². The number of nitrogens with zero attached hydrogens (tertiary/aromatic N) is 4. The molecule has 0 aliphatic rings. The van der Waals surface area contributed by atoms with E-state index in [9.17, 15) is 0 Å². The fourth-order valence-corrected chi connectivity index (χ4v) is 3.77. The molecule has 0 aliphatic carbocycles. The standard InChI is InChI=1S/C26H30N4O2/c1-29(17-21-7-5-19-15-23(31-3)9-11-25(19)27-21)13-14-30(2)18-22-8-6-20-16-24(32-4)10-12-26(20)28-22/h5-12,15-16H,13-14,17-18H2,1-4H3. The molecular formula is C26H30N4O2. The van der Waals surface area contributed by atoms with E-state index in [1.807, 2.05) is 36.4 Å². The Kier molecular flexibility index (Phi) is 6.83. The molecule has 0 bridgehead atoms. The number of rotatable bonds is 9. The van der Waals surface area contributed by atoms with Crippen molar-refractivity contribution in [2.24, 2.45) is 0 Å². The van der Waals surface area contributed by atoms with Gasteiger partial charge in [0.15, 0.2) is 0 Å². The molecule has 6 nitrogen and oxygen atoms in total. The molecule has 32 heavy (non-hydrogen) atoms. The fraction of sp³-hybridized carbons (Fsp3) is 0.308. The topological polar surface area (TPSA) is 50.7 Å². The highest BCUT2D eigenvalue weighted by atomic mass is 16.5. The minimum absolute atomic E-state index is 0.811. The zero-order valence-electron chi connectivity index (χ0n) is 19.2. The number of likely N-dealkylation sites (N-methyl/N-ethyl adjacent to an activating group) is 2. The highest BCUT2D eigenvalue weighted by molar-refractivity contribution is 5.81. The second-order valence-electron chi connectivity index (χ2n) is 8.20. The Hall–Kier alpha value is -3.22. The molecule has 4 aromatic rings. The van der Waals surface area contributed by atoms with Crippen LogP contribution in [0.4, 0.5) is 0 Å². The molecule has 0 amide bonds. The Morgan fingerprint density at radius 2 is 1.06 bits per heavy atom. The third kappa shape index (κ3) is 5.33. The van der Waals surface area contributed by atoms with Crippen molar-refractivity contribution >= 4 is 21.8 Å². The maximum Gasteiger partial charge on any atom is 0.119 e. The van der Waals surface area contributed by atoms with Crippen molar-refractivity contribution in [1.29, 1.82) is 0 Å². The van der Waals surface area contributed by atoms with Crippen LogP contribution in [0.1, 0.15) is 11.4 Å². The van der Waals surface area contributed by atoms with Crippen molar-refractivity contribution in [2.75, 3.05) is 41.4 Å². The molecule has 0 fully saturated rings. The number of fused-ring (bicyclic) bond motifs is 2. The van der Waals surface area contributed by atoms with Gasteiger partial charge in [-0.3, -0.25) is 19.8 Å². The molecule has 4 rings (SSSR count). The highest BCUT2D eigenvalue weighted by Gasteiger charge is 2.08. The van der Waals surface area contributed by atoms with Gasteiger partial charge in [0.05, 0.1) is 36.6 Å². The number of ether oxygens (including phenoxy) is 2. The highest BCUT2D eigenvalue weighted by Crippen LogP contribution is 2.21. The van der Waals surface area contributed by atoms with Gasteiger partial charge in [-0.05, 0) is 62.6 Å². The first-order valence-electron chi connectivity index (χ1n) is 10.8. The Balaban J connectivity index is 1.31. The molecule has 0 radical (unpaired) electrons. The zero-order chi connectivity index (χ0) is 22.5. The summed E-state index contributed by atoms with van der Waals surface area (Å²) in [6.07, 6.45) is 0. The van der Waals surface area contributed by atoms with Crippen LogP contribution >= 0.6 is 0 Å². The number of hydrogen-bond donors (Lipinski definition) is 0. The zero-order valence-corrected chi connectivity index (χ0v) is 19.2. The summed E-state index contributed by atoms with van der Waals surface area (Å²) in [7, 11) is 7.63. The van der Waals surface area contributed by atoms with Crippen molar-refractivity contribution < 1.29 is 9.47 Å². The molecule has 2 aromatic carbocycles. The first-order chi connectivity index (χ1) is 15.5. The normalized spacial score (nSPS) is 11.6. The van der Waals surface area contributed by atoms with Crippen LogP contribution in [0.3, 0.4) is 0 Å². The number of pyridine rings is 2. The molecule has 6 heteroatoms. The Morgan fingerprint density at radius 1 is 0.625 bits per heavy atom. The maximum atomic E-state index is 5.29. The molecule has 2 heterocycles. The van der Waals surface area contributed by atoms with Crippen molar-refractivity contribution in [3.8, 4) is 11.5 Å². The summed E-state index contributed by atoms with van der Waals surface area (Å²) in [5.74, 6) is 1.71. The summed E-state index contributed by atoms with van der Waals surface area (Å²) in [5.41, 5.74) is 4.13. The van der Waals surface area contributed by atoms with Gasteiger partial charge >= 0.3 is 0 Å². The molecule has 0 aliphatic heterocycles. The number of aromatic nitrogens is 2. The average molecular weight is 431 g/mol. The van der Waals surface area contributed by atoms with Crippen molar-refractivity contribution in [3.63, 3.8) is 0 Å². The van der Waals surface area contributed by atoms with Gasteiger partial charge in [-0.2, -0.15) is 0 Å². The molecule has 0 N–H and O–H groups in total. The first kappa shape index (κ1) is 22.0. The van der Waals surface area contributed by atoms with Crippen LogP contribution in [0.5, 0.6) is 11.5 Å². The van der Waals surface area contributed by atoms with Crippen LogP contribution in [0.25, 0.3) is 21.8 Å². The Bertz CT molecular complexity index is 1120.